The van der Waals surface area contributed by atoms with Gasteiger partial charge in [-0.1, -0.05) is 25.5 Å². The van der Waals surface area contributed by atoms with Gasteiger partial charge in [0, 0.05) is 24.6 Å². The highest BCUT2D eigenvalue weighted by atomic mass is 35.5. The summed E-state index contributed by atoms with van der Waals surface area (Å²) in [4.78, 5) is 12.3. The van der Waals surface area contributed by atoms with Gasteiger partial charge in [-0.15, -0.1) is 12.4 Å². The van der Waals surface area contributed by atoms with Gasteiger partial charge in [0.15, 0.2) is 0 Å². The van der Waals surface area contributed by atoms with E-state index in [2.05, 4.69) is 17.6 Å². The third kappa shape index (κ3) is 5.79. The van der Waals surface area contributed by atoms with Crippen molar-refractivity contribution in [3.8, 4) is 0 Å². The summed E-state index contributed by atoms with van der Waals surface area (Å²) in [5.41, 5.74) is 2.09. The average Bonchev–Trinajstić information content (AvgIpc) is 2.55. The minimum absolute atomic E-state index is 0. The molecular weight excluding hydrogens is 312 g/mol. The lowest BCUT2D eigenvalue weighted by molar-refractivity contribution is 0.0512. The summed E-state index contributed by atoms with van der Waals surface area (Å²) in [7, 11) is 1.73. The Hall–Kier alpha value is -1.10. The van der Waals surface area contributed by atoms with Crippen molar-refractivity contribution >= 4 is 18.3 Å². The Labute approximate surface area is 145 Å². The van der Waals surface area contributed by atoms with Gasteiger partial charge in [-0.25, -0.2) is 0 Å². The van der Waals surface area contributed by atoms with Crippen LogP contribution >= 0.6 is 12.4 Å². The molecule has 1 aromatic carbocycles. The smallest absolute Gasteiger partial charge is 0.251 e. The molecule has 1 aromatic rings. The Morgan fingerprint density at radius 1 is 1.26 bits per heavy atom. The standard InChI is InChI=1S/C18H28N2O2.ClH/c1-3-4-15-5-7-16(8-6-15)17(21)20-13-18(14-22-2)9-11-19-12-10-18;/h5-8,19H,3-4,9-14H2,1-2H3,(H,20,21);1H. The molecule has 1 saturated heterocycles. The van der Waals surface area contributed by atoms with Crippen LogP contribution in [-0.4, -0.2) is 39.3 Å². The van der Waals surface area contributed by atoms with Gasteiger partial charge >= 0.3 is 0 Å². The SMILES string of the molecule is CCCc1ccc(C(=O)NCC2(COC)CCNCC2)cc1.Cl. The predicted molar refractivity (Wildman–Crippen MR) is 96.4 cm³/mol. The van der Waals surface area contributed by atoms with Crippen molar-refractivity contribution in [2.75, 3.05) is 33.4 Å². The van der Waals surface area contributed by atoms with E-state index in [0.717, 1.165) is 44.3 Å². The third-order valence-electron chi connectivity index (χ3n) is 4.49. The number of carbonyl (C=O) groups excluding carboxylic acids is 1. The molecule has 1 heterocycles. The minimum atomic E-state index is 0. The molecule has 5 heteroatoms. The lowest BCUT2D eigenvalue weighted by atomic mass is 9.79. The number of halogens is 1. The highest BCUT2D eigenvalue weighted by molar-refractivity contribution is 5.94. The maximum absolute atomic E-state index is 12.3. The fourth-order valence-electron chi connectivity index (χ4n) is 3.12. The molecule has 0 bridgehead atoms. The molecule has 0 unspecified atom stereocenters. The number of nitrogens with one attached hydrogen (secondary N) is 2. The Morgan fingerprint density at radius 2 is 1.91 bits per heavy atom. The summed E-state index contributed by atoms with van der Waals surface area (Å²) in [6.07, 6.45) is 4.26. The number of ether oxygens (including phenoxy) is 1. The fourth-order valence-corrected chi connectivity index (χ4v) is 3.12. The second-order valence-corrected chi connectivity index (χ2v) is 6.31. The van der Waals surface area contributed by atoms with Gasteiger partial charge in [-0.05, 0) is 50.0 Å². The van der Waals surface area contributed by atoms with Gasteiger partial charge < -0.3 is 15.4 Å². The largest absolute Gasteiger partial charge is 0.384 e. The second kappa shape index (κ2) is 9.91. The zero-order valence-electron chi connectivity index (χ0n) is 14.2. The van der Waals surface area contributed by atoms with E-state index in [9.17, 15) is 4.79 Å². The molecule has 0 spiro atoms. The first kappa shape index (κ1) is 19.9. The molecule has 1 aliphatic rings. The van der Waals surface area contributed by atoms with Crippen LogP contribution in [0.4, 0.5) is 0 Å². The van der Waals surface area contributed by atoms with E-state index in [0.29, 0.717) is 13.2 Å². The van der Waals surface area contributed by atoms with Crippen molar-refractivity contribution in [3.63, 3.8) is 0 Å². The van der Waals surface area contributed by atoms with E-state index in [4.69, 9.17) is 4.74 Å². The maximum atomic E-state index is 12.3. The Balaban J connectivity index is 0.00000264. The summed E-state index contributed by atoms with van der Waals surface area (Å²) in [5.74, 6) is 0.0112. The van der Waals surface area contributed by atoms with Crippen molar-refractivity contribution < 1.29 is 9.53 Å². The monoisotopic (exact) mass is 340 g/mol. The maximum Gasteiger partial charge on any atom is 0.251 e. The van der Waals surface area contributed by atoms with Gasteiger partial charge in [0.25, 0.3) is 5.91 Å². The summed E-state index contributed by atoms with van der Waals surface area (Å²) < 4.78 is 5.39. The van der Waals surface area contributed by atoms with Crippen LogP contribution in [0.25, 0.3) is 0 Å². The topological polar surface area (TPSA) is 50.4 Å². The molecule has 0 aliphatic carbocycles. The van der Waals surface area contributed by atoms with E-state index in [1.165, 1.54) is 5.56 Å². The summed E-state index contributed by atoms with van der Waals surface area (Å²) in [6.45, 7) is 5.52. The summed E-state index contributed by atoms with van der Waals surface area (Å²) in [6, 6.07) is 7.94. The van der Waals surface area contributed by atoms with Crippen LogP contribution in [0.15, 0.2) is 24.3 Å². The zero-order chi connectivity index (χ0) is 15.8. The van der Waals surface area contributed by atoms with Crippen molar-refractivity contribution in [3.05, 3.63) is 35.4 Å². The average molecular weight is 341 g/mol. The highest BCUT2D eigenvalue weighted by Gasteiger charge is 2.32. The van der Waals surface area contributed by atoms with Gasteiger partial charge in [0.2, 0.25) is 0 Å². The molecule has 2 N–H and O–H groups in total. The zero-order valence-corrected chi connectivity index (χ0v) is 15.0. The first-order valence-electron chi connectivity index (χ1n) is 8.26. The minimum Gasteiger partial charge on any atom is -0.384 e. The summed E-state index contributed by atoms with van der Waals surface area (Å²) in [5, 5.41) is 6.47. The van der Waals surface area contributed by atoms with Crippen molar-refractivity contribution in [2.24, 2.45) is 5.41 Å². The van der Waals surface area contributed by atoms with E-state index in [1.807, 2.05) is 24.3 Å². The lowest BCUT2D eigenvalue weighted by Gasteiger charge is -2.37. The van der Waals surface area contributed by atoms with Crippen LogP contribution < -0.4 is 10.6 Å². The number of amides is 1. The molecule has 1 amide bonds. The molecule has 1 fully saturated rings. The number of rotatable bonds is 7. The first-order chi connectivity index (χ1) is 10.7. The molecular formula is C18H29ClN2O2. The van der Waals surface area contributed by atoms with E-state index in [1.54, 1.807) is 7.11 Å². The van der Waals surface area contributed by atoms with Gasteiger partial charge in [0.1, 0.15) is 0 Å². The third-order valence-corrected chi connectivity index (χ3v) is 4.49. The number of carbonyl (C=O) groups is 1. The molecule has 0 atom stereocenters. The molecule has 4 nitrogen and oxygen atoms in total. The predicted octanol–water partition coefficient (Wildman–Crippen LogP) is 2.81. The van der Waals surface area contributed by atoms with Crippen LogP contribution in [0.3, 0.4) is 0 Å². The quantitative estimate of drug-likeness (QED) is 0.802. The van der Waals surface area contributed by atoms with Gasteiger partial charge in [0.05, 0.1) is 6.61 Å². The van der Waals surface area contributed by atoms with Crippen LogP contribution in [0.2, 0.25) is 0 Å². The number of benzene rings is 1. The normalized spacial score (nSPS) is 16.4. The Morgan fingerprint density at radius 3 is 2.48 bits per heavy atom. The van der Waals surface area contributed by atoms with Crippen molar-refractivity contribution in [1.82, 2.24) is 10.6 Å². The second-order valence-electron chi connectivity index (χ2n) is 6.31. The molecule has 0 saturated carbocycles. The molecule has 2 rings (SSSR count). The highest BCUT2D eigenvalue weighted by Crippen LogP contribution is 2.28. The molecule has 0 radical (unpaired) electrons. The van der Waals surface area contributed by atoms with Crippen molar-refractivity contribution in [2.45, 2.75) is 32.6 Å². The fraction of sp³-hybridized carbons (Fsp3) is 0.611. The Bertz CT molecular complexity index is 465. The van der Waals surface area contributed by atoms with Crippen LogP contribution in [0.5, 0.6) is 0 Å². The first-order valence-corrected chi connectivity index (χ1v) is 8.26. The van der Waals surface area contributed by atoms with Crippen LogP contribution in [-0.2, 0) is 11.2 Å². The van der Waals surface area contributed by atoms with E-state index < -0.39 is 0 Å². The van der Waals surface area contributed by atoms with Crippen molar-refractivity contribution in [1.29, 1.82) is 0 Å². The number of hydrogen-bond donors (Lipinski definition) is 2. The molecule has 130 valence electrons. The molecule has 1 aliphatic heterocycles. The van der Waals surface area contributed by atoms with Crippen LogP contribution in [0, 0.1) is 5.41 Å². The molecule has 23 heavy (non-hydrogen) atoms. The van der Waals surface area contributed by atoms with E-state index in [-0.39, 0.29) is 23.7 Å². The van der Waals surface area contributed by atoms with Gasteiger partial charge in [-0.2, -0.15) is 0 Å². The number of piperidine rings is 1. The summed E-state index contributed by atoms with van der Waals surface area (Å²) >= 11 is 0. The number of hydrogen-bond acceptors (Lipinski definition) is 3. The van der Waals surface area contributed by atoms with Gasteiger partial charge in [-0.3, -0.25) is 4.79 Å². The Kier molecular flexibility index (Phi) is 8.59. The molecule has 0 aromatic heterocycles. The van der Waals surface area contributed by atoms with E-state index >= 15 is 0 Å². The van der Waals surface area contributed by atoms with Crippen LogP contribution in [0.1, 0.15) is 42.1 Å². The number of aryl methyl sites for hydroxylation is 1. The number of methoxy groups -OCH3 is 1. The lowest BCUT2D eigenvalue weighted by Crippen LogP contribution is -2.47.